The van der Waals surface area contributed by atoms with E-state index in [1.165, 1.54) is 36.7 Å². The minimum absolute atomic E-state index is 0. The largest absolute Gasteiger partial charge is 0.417 e. The number of nitriles is 1. The van der Waals surface area contributed by atoms with E-state index >= 15 is 0 Å². The molecular weight excluding hydrogens is 511 g/mol. The van der Waals surface area contributed by atoms with Gasteiger partial charge in [-0.05, 0) is 86.5 Å². The van der Waals surface area contributed by atoms with Gasteiger partial charge in [-0.3, -0.25) is 4.90 Å². The molecule has 1 N–H and O–H groups in total. The molecule has 0 aliphatic carbocycles. The monoisotopic (exact) mass is 547 g/mol. The molecule has 5 rings (SSSR count). The normalized spacial score (nSPS) is 20.2. The summed E-state index contributed by atoms with van der Waals surface area (Å²) in [5, 5.41) is 12.5. The summed E-state index contributed by atoms with van der Waals surface area (Å²) in [5.74, 6) is 1.25. The van der Waals surface area contributed by atoms with E-state index in [0.717, 1.165) is 64.1 Å². The SMILES string of the molecule is Cl.N#Cc1ccc(N2CCC(c3ccc(N4CCN(CC5CCNCC5)CC4)cc3)CC2)cc1C(F)(F)F. The number of hydrogen-bond acceptors (Lipinski definition) is 5. The quantitative estimate of drug-likeness (QED) is 0.535. The molecule has 0 aromatic heterocycles. The maximum Gasteiger partial charge on any atom is 0.417 e. The van der Waals surface area contributed by atoms with Gasteiger partial charge in [-0.15, -0.1) is 12.4 Å². The zero-order valence-electron chi connectivity index (χ0n) is 21.7. The molecule has 0 bridgehead atoms. The molecule has 0 radical (unpaired) electrons. The van der Waals surface area contributed by atoms with Crippen LogP contribution in [-0.4, -0.2) is 63.8 Å². The highest BCUT2D eigenvalue weighted by atomic mass is 35.5. The van der Waals surface area contributed by atoms with Crippen LogP contribution in [0, 0.1) is 17.2 Å². The third kappa shape index (κ3) is 6.74. The van der Waals surface area contributed by atoms with Gasteiger partial charge in [0.1, 0.15) is 0 Å². The van der Waals surface area contributed by atoms with Gasteiger partial charge in [0.15, 0.2) is 0 Å². The first-order valence-corrected chi connectivity index (χ1v) is 13.5. The number of benzene rings is 2. The maximum absolute atomic E-state index is 13.4. The van der Waals surface area contributed by atoms with Crippen molar-refractivity contribution in [3.05, 3.63) is 59.2 Å². The molecule has 3 fully saturated rings. The Hall–Kier alpha value is -2.47. The van der Waals surface area contributed by atoms with Crippen LogP contribution in [0.2, 0.25) is 0 Å². The Kier molecular flexibility index (Phi) is 9.45. The van der Waals surface area contributed by atoms with E-state index < -0.39 is 11.7 Å². The van der Waals surface area contributed by atoms with Crippen LogP contribution in [0.25, 0.3) is 0 Å². The van der Waals surface area contributed by atoms with Gasteiger partial charge in [0.05, 0.1) is 17.2 Å². The first kappa shape index (κ1) is 28.5. The highest BCUT2D eigenvalue weighted by Crippen LogP contribution is 2.36. The number of halogens is 4. The second kappa shape index (κ2) is 12.6. The molecule has 0 atom stereocenters. The van der Waals surface area contributed by atoms with Crippen molar-refractivity contribution in [1.29, 1.82) is 5.26 Å². The van der Waals surface area contributed by atoms with Crippen molar-refractivity contribution >= 4 is 23.8 Å². The summed E-state index contributed by atoms with van der Waals surface area (Å²) in [6, 6.07) is 14.7. The second-order valence-electron chi connectivity index (χ2n) is 10.7. The molecule has 9 heteroatoms. The number of nitrogens with one attached hydrogen (secondary N) is 1. The Labute approximate surface area is 230 Å². The van der Waals surface area contributed by atoms with Gasteiger partial charge in [0, 0.05) is 57.2 Å². The van der Waals surface area contributed by atoms with Crippen molar-refractivity contribution in [3.63, 3.8) is 0 Å². The molecular formula is C29H37ClF3N5. The molecule has 3 aliphatic heterocycles. The lowest BCUT2D eigenvalue weighted by molar-refractivity contribution is -0.137. The van der Waals surface area contributed by atoms with Crippen molar-refractivity contribution in [2.24, 2.45) is 5.92 Å². The topological polar surface area (TPSA) is 45.5 Å². The smallest absolute Gasteiger partial charge is 0.371 e. The van der Waals surface area contributed by atoms with E-state index in [1.54, 1.807) is 12.1 Å². The van der Waals surface area contributed by atoms with Gasteiger partial charge in [-0.2, -0.15) is 18.4 Å². The Balaban J connectivity index is 0.00000336. The molecule has 2 aromatic carbocycles. The lowest BCUT2D eigenvalue weighted by Crippen LogP contribution is -2.48. The third-order valence-corrected chi connectivity index (χ3v) is 8.37. The predicted molar refractivity (Wildman–Crippen MR) is 148 cm³/mol. The molecule has 38 heavy (non-hydrogen) atoms. The summed E-state index contributed by atoms with van der Waals surface area (Å²) in [4.78, 5) is 7.11. The van der Waals surface area contributed by atoms with E-state index in [-0.39, 0.29) is 18.0 Å². The molecule has 3 aliphatic rings. The zero-order chi connectivity index (χ0) is 25.8. The van der Waals surface area contributed by atoms with E-state index in [0.29, 0.717) is 24.7 Å². The Morgan fingerprint density at radius 1 is 0.816 bits per heavy atom. The zero-order valence-corrected chi connectivity index (χ0v) is 22.5. The number of piperidine rings is 2. The molecule has 3 heterocycles. The fourth-order valence-corrected chi connectivity index (χ4v) is 6.11. The standard InChI is InChI=1S/C29H36F3N5.ClH/c30-29(31,32)28-19-27(6-3-25(28)20-33)36-13-9-24(10-14-36)23-1-4-26(5-2-23)37-17-15-35(16-18-37)21-22-7-11-34-12-8-22;/h1-6,19,22,24,34H,7-18,21H2;1H. The van der Waals surface area contributed by atoms with Crippen LogP contribution in [-0.2, 0) is 6.18 Å². The highest BCUT2D eigenvalue weighted by Gasteiger charge is 2.34. The van der Waals surface area contributed by atoms with Crippen LogP contribution in [0.1, 0.15) is 48.3 Å². The Bertz CT molecular complexity index is 1080. The number of alkyl halides is 3. The van der Waals surface area contributed by atoms with Gasteiger partial charge in [0.25, 0.3) is 0 Å². The summed E-state index contributed by atoms with van der Waals surface area (Å²) in [5.41, 5.74) is 1.95. The van der Waals surface area contributed by atoms with Crippen molar-refractivity contribution in [2.75, 3.05) is 68.7 Å². The summed E-state index contributed by atoms with van der Waals surface area (Å²) >= 11 is 0. The molecule has 2 aromatic rings. The van der Waals surface area contributed by atoms with Gasteiger partial charge >= 0.3 is 6.18 Å². The number of hydrogen-bond donors (Lipinski definition) is 1. The molecule has 3 saturated heterocycles. The summed E-state index contributed by atoms with van der Waals surface area (Å²) < 4.78 is 40.1. The van der Waals surface area contributed by atoms with Gasteiger partial charge in [0.2, 0.25) is 0 Å². The first-order valence-electron chi connectivity index (χ1n) is 13.5. The highest BCUT2D eigenvalue weighted by molar-refractivity contribution is 5.85. The van der Waals surface area contributed by atoms with E-state index in [1.807, 2.05) is 4.90 Å². The van der Waals surface area contributed by atoms with Crippen LogP contribution < -0.4 is 15.1 Å². The fourth-order valence-electron chi connectivity index (χ4n) is 6.11. The van der Waals surface area contributed by atoms with E-state index in [4.69, 9.17) is 5.26 Å². The van der Waals surface area contributed by atoms with Crippen molar-refractivity contribution in [1.82, 2.24) is 10.2 Å². The molecule has 0 unspecified atom stereocenters. The van der Waals surface area contributed by atoms with Gasteiger partial charge < -0.3 is 15.1 Å². The molecule has 0 saturated carbocycles. The lowest BCUT2D eigenvalue weighted by Gasteiger charge is -2.38. The first-order chi connectivity index (χ1) is 17.9. The molecule has 0 spiro atoms. The third-order valence-electron chi connectivity index (χ3n) is 8.37. The van der Waals surface area contributed by atoms with Crippen LogP contribution in [0.5, 0.6) is 0 Å². The molecule has 5 nitrogen and oxygen atoms in total. The van der Waals surface area contributed by atoms with Gasteiger partial charge in [-0.25, -0.2) is 0 Å². The predicted octanol–water partition coefficient (Wildman–Crippen LogP) is 5.50. The van der Waals surface area contributed by atoms with E-state index in [2.05, 4.69) is 39.4 Å². The Morgan fingerprint density at radius 3 is 2.03 bits per heavy atom. The second-order valence-corrected chi connectivity index (χ2v) is 10.7. The van der Waals surface area contributed by atoms with Crippen molar-refractivity contribution in [2.45, 2.75) is 37.8 Å². The minimum atomic E-state index is -4.53. The minimum Gasteiger partial charge on any atom is -0.371 e. The number of piperazine rings is 1. The summed E-state index contributed by atoms with van der Waals surface area (Å²) in [6.45, 7) is 9.32. The number of nitrogens with zero attached hydrogens (tertiary/aromatic N) is 4. The lowest BCUT2D eigenvalue weighted by atomic mass is 9.89. The maximum atomic E-state index is 13.4. The van der Waals surface area contributed by atoms with Crippen molar-refractivity contribution in [3.8, 4) is 6.07 Å². The fraction of sp³-hybridized carbons (Fsp3) is 0.552. The average Bonchev–Trinajstić information content (AvgIpc) is 2.93. The van der Waals surface area contributed by atoms with Crippen LogP contribution in [0.3, 0.4) is 0 Å². The number of rotatable bonds is 5. The van der Waals surface area contributed by atoms with Crippen LogP contribution in [0.15, 0.2) is 42.5 Å². The number of anilines is 2. The Morgan fingerprint density at radius 2 is 1.42 bits per heavy atom. The average molecular weight is 548 g/mol. The molecule has 0 amide bonds. The molecule has 206 valence electrons. The summed E-state index contributed by atoms with van der Waals surface area (Å²) in [6.07, 6.45) is -0.141. The van der Waals surface area contributed by atoms with Crippen LogP contribution >= 0.6 is 12.4 Å². The van der Waals surface area contributed by atoms with Gasteiger partial charge in [-0.1, -0.05) is 12.1 Å². The van der Waals surface area contributed by atoms with E-state index in [9.17, 15) is 13.2 Å². The van der Waals surface area contributed by atoms with Crippen LogP contribution in [0.4, 0.5) is 24.5 Å². The summed E-state index contributed by atoms with van der Waals surface area (Å²) in [7, 11) is 0. The van der Waals surface area contributed by atoms with Crippen molar-refractivity contribution < 1.29 is 13.2 Å².